The zero-order valence-electron chi connectivity index (χ0n) is 38.6. The number of carbonyl (C=O) groups excluding carboxylic acids is 11. The van der Waals surface area contributed by atoms with E-state index in [0.29, 0.717) is 0 Å². The van der Waals surface area contributed by atoms with Crippen molar-refractivity contribution in [2.45, 2.75) is 140 Å². The normalized spacial score (nSPS) is 14.4. The van der Waals surface area contributed by atoms with E-state index in [4.69, 9.17) is 15.9 Å². The Balaban J connectivity index is 6.46. The van der Waals surface area contributed by atoms with E-state index in [1.165, 1.54) is 6.92 Å². The number of nitrogens with one attached hydrogen (secondary N) is 9. The van der Waals surface area contributed by atoms with Crippen LogP contribution in [0.15, 0.2) is 0 Å². The molecule has 0 heterocycles. The molecule has 0 aromatic rings. The maximum atomic E-state index is 13.4. The molecule has 0 bridgehead atoms. The smallest absolute Gasteiger partial charge is 0.305 e. The van der Waals surface area contributed by atoms with Crippen molar-refractivity contribution < 1.29 is 107 Å². The zero-order valence-corrected chi connectivity index (χ0v) is 38.6. The van der Waals surface area contributed by atoms with Crippen LogP contribution in [-0.4, -0.2) is 186 Å². The highest BCUT2D eigenvalue weighted by Gasteiger charge is 2.36. The Morgan fingerprint density at radius 2 is 0.648 bits per heavy atom. The van der Waals surface area contributed by atoms with Crippen molar-refractivity contribution in [3.8, 4) is 0 Å². The maximum Gasteiger partial charge on any atom is 0.305 e. The molecule has 0 aliphatic heterocycles. The van der Waals surface area contributed by atoms with E-state index >= 15 is 0 Å². The van der Waals surface area contributed by atoms with Gasteiger partial charge in [-0.05, 0) is 40.0 Å². The van der Waals surface area contributed by atoms with Crippen LogP contribution in [0.5, 0.6) is 0 Å². The summed E-state index contributed by atoms with van der Waals surface area (Å²) in [5.74, 6) is -21.1. The molecule has 0 saturated heterocycles. The molecular formula is C39H58N10O22. The van der Waals surface area contributed by atoms with Crippen LogP contribution in [0.3, 0.4) is 0 Å². The van der Waals surface area contributed by atoms with Crippen molar-refractivity contribution in [1.82, 2.24) is 47.9 Å². The van der Waals surface area contributed by atoms with Gasteiger partial charge in [-0.15, -0.1) is 0 Å². The van der Waals surface area contributed by atoms with Gasteiger partial charge in [0.15, 0.2) is 5.78 Å². The molecule has 32 nitrogen and oxygen atoms in total. The number of aliphatic hydroxyl groups excluding tert-OH is 1. The number of hydrogen-bond acceptors (Lipinski definition) is 17. The summed E-state index contributed by atoms with van der Waals surface area (Å²) in [4.78, 5) is 198. The van der Waals surface area contributed by atoms with Crippen LogP contribution >= 0.6 is 0 Å². The number of rotatable bonds is 34. The average Bonchev–Trinajstić information content (AvgIpc) is 3.24. The Morgan fingerprint density at radius 1 is 0.366 bits per heavy atom. The summed E-state index contributed by atoms with van der Waals surface area (Å²) in [5, 5.41) is 74.6. The largest absolute Gasteiger partial charge is 0.481 e. The van der Waals surface area contributed by atoms with Crippen molar-refractivity contribution in [2.24, 2.45) is 5.73 Å². The highest BCUT2D eigenvalue weighted by Crippen LogP contribution is 2.08. The van der Waals surface area contributed by atoms with Gasteiger partial charge < -0.3 is 84.2 Å². The van der Waals surface area contributed by atoms with E-state index in [9.17, 15) is 97.1 Å². The Labute approximate surface area is 401 Å². The van der Waals surface area contributed by atoms with Gasteiger partial charge in [0.2, 0.25) is 59.1 Å². The van der Waals surface area contributed by atoms with Crippen molar-refractivity contribution in [3.05, 3.63) is 0 Å². The van der Waals surface area contributed by atoms with E-state index in [-0.39, 0.29) is 0 Å². The van der Waals surface area contributed by atoms with Crippen molar-refractivity contribution in [1.29, 1.82) is 0 Å². The number of hydrogen-bond donors (Lipinski definition) is 16. The van der Waals surface area contributed by atoms with Gasteiger partial charge in [0.05, 0.1) is 31.9 Å². The summed E-state index contributed by atoms with van der Waals surface area (Å²) in [5.41, 5.74) is 5.23. The Morgan fingerprint density at radius 3 is 0.958 bits per heavy atom. The van der Waals surface area contributed by atoms with E-state index < -0.39 is 213 Å². The van der Waals surface area contributed by atoms with Gasteiger partial charge >= 0.3 is 29.8 Å². The summed E-state index contributed by atoms with van der Waals surface area (Å²) in [6.07, 6.45) is -7.83. The molecule has 0 aromatic carbocycles. The molecule has 0 aromatic heterocycles. The molecule has 0 spiro atoms. The summed E-state index contributed by atoms with van der Waals surface area (Å²) in [6.45, 7) is 3.34. The number of primary amides is 1. The van der Waals surface area contributed by atoms with Crippen LogP contribution in [0.2, 0.25) is 0 Å². The summed E-state index contributed by atoms with van der Waals surface area (Å²) < 4.78 is 0. The van der Waals surface area contributed by atoms with E-state index in [2.05, 4.69) is 21.3 Å². The SMILES string of the molecule is CC(=O)NC(CO)C(=O)N[C@H](CCC(=O)O)C(=O)NC(CC(=O)O)C(=O)N[C@H](CC(N)=O)C(=O)NC(C)C(=O)N[C@H](CC(=O)O)C(=O)NC(CCC(=O)O)C(=O)N[C@H](CCC(=O)O)C(=O)NC(C)C(C)=O. The van der Waals surface area contributed by atoms with Crippen molar-refractivity contribution in [3.63, 3.8) is 0 Å². The van der Waals surface area contributed by atoms with Crippen molar-refractivity contribution >= 4 is 94.7 Å². The molecule has 10 amide bonds. The van der Waals surface area contributed by atoms with Gasteiger partial charge in [0.1, 0.15) is 48.3 Å². The zero-order chi connectivity index (χ0) is 54.9. The minimum absolute atomic E-state index is 0.524. The Kier molecular flexibility index (Phi) is 27.3. The molecule has 5 unspecified atom stereocenters. The van der Waals surface area contributed by atoms with E-state index in [1.54, 1.807) is 0 Å². The number of Topliss-reactive ketones (excluding diaryl/α,β-unsaturated/α-hetero) is 1. The molecule has 9 atom stereocenters. The minimum Gasteiger partial charge on any atom is -0.481 e. The lowest BCUT2D eigenvalue weighted by Gasteiger charge is -2.26. The standard InChI is InChI=1S/C39H58N10O22/c1-15(17(3)51)41-33(65)19(5-8-27(54)55)44-34(66)20(6-9-28(56)57)45-37(69)23(12-30(60)61)47-32(64)16(2)42-36(68)22(11-26(40)53)48-38(70)24(13-31(62)63)49-35(67)21(7-10-29(58)59)46-39(71)25(14-50)43-18(4)52/h15-16,19-25,50H,5-14H2,1-4H3,(H2,40,53)(H,41,65)(H,42,68)(H,43,52)(H,44,66)(H,45,69)(H,46,71)(H,47,64)(H,48,70)(H,49,67)(H,54,55)(H,56,57)(H,58,59)(H,60,61)(H,62,63)/t15?,16?,19-,20?,21-,22-,23-,24?,25?/m1/s1. The Bertz CT molecular complexity index is 2070. The summed E-state index contributed by atoms with van der Waals surface area (Å²) in [7, 11) is 0. The number of carbonyl (C=O) groups is 16. The molecule has 0 fully saturated rings. The molecule has 71 heavy (non-hydrogen) atoms. The van der Waals surface area contributed by atoms with Crippen LogP contribution in [0.25, 0.3) is 0 Å². The first kappa shape index (κ1) is 62.7. The third-order valence-corrected chi connectivity index (χ3v) is 9.50. The maximum absolute atomic E-state index is 13.4. The molecule has 0 radical (unpaired) electrons. The second-order valence-electron chi connectivity index (χ2n) is 15.5. The van der Waals surface area contributed by atoms with E-state index in [0.717, 1.165) is 20.8 Å². The lowest BCUT2D eigenvalue weighted by atomic mass is 10.1. The first-order valence-electron chi connectivity index (χ1n) is 21.1. The van der Waals surface area contributed by atoms with Gasteiger partial charge in [-0.3, -0.25) is 76.7 Å². The van der Waals surface area contributed by atoms with Crippen LogP contribution in [0.4, 0.5) is 0 Å². The fourth-order valence-electron chi connectivity index (χ4n) is 5.68. The first-order valence-corrected chi connectivity index (χ1v) is 21.1. The van der Waals surface area contributed by atoms with Gasteiger partial charge in [0.25, 0.3) is 0 Å². The molecule has 17 N–H and O–H groups in total. The molecule has 32 heteroatoms. The topological polar surface area (TPSA) is 529 Å². The Hall–Kier alpha value is -8.32. The summed E-state index contributed by atoms with van der Waals surface area (Å²) in [6, 6.07) is -16.3. The van der Waals surface area contributed by atoms with Crippen LogP contribution in [-0.2, 0) is 76.7 Å². The number of aliphatic carboxylic acids is 5. The molecule has 396 valence electrons. The third-order valence-electron chi connectivity index (χ3n) is 9.50. The van der Waals surface area contributed by atoms with Crippen LogP contribution in [0, 0.1) is 0 Å². The lowest BCUT2D eigenvalue weighted by Crippen LogP contribution is -2.60. The molecule has 0 aliphatic carbocycles. The average molecular weight is 1020 g/mol. The number of carboxylic acids is 5. The fourth-order valence-corrected chi connectivity index (χ4v) is 5.68. The second-order valence-corrected chi connectivity index (χ2v) is 15.5. The third kappa shape index (κ3) is 25.6. The van der Waals surface area contributed by atoms with Crippen molar-refractivity contribution in [2.75, 3.05) is 6.61 Å². The van der Waals surface area contributed by atoms with Gasteiger partial charge in [-0.2, -0.15) is 0 Å². The predicted octanol–water partition coefficient (Wildman–Crippen LogP) is -7.59. The number of aliphatic hydroxyl groups is 1. The molecule has 0 rings (SSSR count). The second kappa shape index (κ2) is 30.9. The fraction of sp³-hybridized carbons (Fsp3) is 0.590. The lowest BCUT2D eigenvalue weighted by molar-refractivity contribution is -0.143. The number of nitrogens with two attached hydrogens (primary N) is 1. The number of amides is 10. The van der Waals surface area contributed by atoms with Gasteiger partial charge in [0, 0.05) is 26.2 Å². The highest BCUT2D eigenvalue weighted by atomic mass is 16.4. The minimum atomic E-state index is -2.16. The monoisotopic (exact) mass is 1020 g/mol. The van der Waals surface area contributed by atoms with Gasteiger partial charge in [-0.25, -0.2) is 0 Å². The van der Waals surface area contributed by atoms with Crippen LogP contribution in [0.1, 0.15) is 85.5 Å². The highest BCUT2D eigenvalue weighted by molar-refractivity contribution is 6.00. The quantitative estimate of drug-likeness (QED) is 0.0285. The summed E-state index contributed by atoms with van der Waals surface area (Å²) >= 11 is 0. The van der Waals surface area contributed by atoms with Gasteiger partial charge in [-0.1, -0.05) is 0 Å². The molecule has 0 saturated carbocycles. The number of ketones is 1. The molecular weight excluding hydrogens is 960 g/mol. The molecule has 0 aliphatic rings. The van der Waals surface area contributed by atoms with E-state index in [1.807, 2.05) is 26.6 Å². The number of carboxylic acid groups (broad SMARTS) is 5. The first-order chi connectivity index (χ1) is 32.9. The van der Waals surface area contributed by atoms with Crippen LogP contribution < -0.4 is 53.6 Å². The predicted molar refractivity (Wildman–Crippen MR) is 231 cm³/mol.